The summed E-state index contributed by atoms with van der Waals surface area (Å²) in [6.45, 7) is 8.46. The second kappa shape index (κ2) is 10.5. The van der Waals surface area contributed by atoms with Gasteiger partial charge >= 0.3 is 0 Å². The number of allylic oxidation sites excluding steroid dienone is 1. The number of aliphatic hydroxyl groups is 2. The number of rotatable bonds is 10. The van der Waals surface area contributed by atoms with E-state index < -0.39 is 6.10 Å². The van der Waals surface area contributed by atoms with Crippen molar-refractivity contribution in [2.24, 2.45) is 5.92 Å². The maximum absolute atomic E-state index is 13.1. The average molecular weight is 404 g/mol. The Morgan fingerprint density at radius 3 is 2.82 bits per heavy atom. The number of aliphatic hydroxyl groups excluding tert-OH is 2. The molecule has 0 bridgehead atoms. The van der Waals surface area contributed by atoms with Crippen molar-refractivity contribution < 1.29 is 15.0 Å². The normalized spacial score (nSPS) is 14.0. The monoisotopic (exact) mass is 403 g/mol. The summed E-state index contributed by atoms with van der Waals surface area (Å²) in [7, 11) is 0. The molecule has 28 heavy (non-hydrogen) atoms. The van der Waals surface area contributed by atoms with Crippen LogP contribution in [0, 0.1) is 12.8 Å². The second-order valence-corrected chi connectivity index (χ2v) is 8.10. The van der Waals surface area contributed by atoms with Gasteiger partial charge in [-0.25, -0.2) is 9.97 Å². The molecule has 0 aliphatic rings. The van der Waals surface area contributed by atoms with Gasteiger partial charge in [-0.3, -0.25) is 4.79 Å². The number of aromatic nitrogens is 2. The molecular weight excluding hydrogens is 374 g/mol. The number of nitrogens with one attached hydrogen (secondary N) is 1. The number of carbonyl (C=O) groups is 1. The quantitative estimate of drug-likeness (QED) is 0.411. The highest BCUT2D eigenvalue weighted by molar-refractivity contribution is 7.14. The van der Waals surface area contributed by atoms with E-state index in [1.54, 1.807) is 6.07 Å². The van der Waals surface area contributed by atoms with Crippen LogP contribution in [0.1, 0.15) is 65.4 Å². The van der Waals surface area contributed by atoms with Crippen LogP contribution in [0.4, 0.5) is 5.82 Å². The minimum absolute atomic E-state index is 0.152. The number of nitrogens with zero attached hydrogens (tertiary/aromatic N) is 2. The van der Waals surface area contributed by atoms with Gasteiger partial charge in [0.25, 0.3) is 0 Å². The first-order valence-corrected chi connectivity index (χ1v) is 10.3. The van der Waals surface area contributed by atoms with Crippen molar-refractivity contribution in [2.75, 3.05) is 18.5 Å². The number of hydrogen-bond acceptors (Lipinski definition) is 7. The molecule has 2 unspecified atom stereocenters. The fourth-order valence-electron chi connectivity index (χ4n) is 2.87. The maximum atomic E-state index is 13.1. The molecule has 0 aromatic carbocycles. The minimum atomic E-state index is -0.711. The summed E-state index contributed by atoms with van der Waals surface area (Å²) in [4.78, 5) is 22.8. The maximum Gasteiger partial charge on any atom is 0.208 e. The highest BCUT2D eigenvalue weighted by atomic mass is 32.1. The third-order valence-electron chi connectivity index (χ3n) is 5.00. The number of aryl methyl sites for hydroxylation is 1. The third-order valence-corrected chi connectivity index (χ3v) is 6.06. The average Bonchev–Trinajstić information content (AvgIpc) is 3.11. The van der Waals surface area contributed by atoms with E-state index in [0.717, 1.165) is 28.9 Å². The first-order chi connectivity index (χ1) is 13.4. The summed E-state index contributed by atoms with van der Waals surface area (Å²) in [6.07, 6.45) is 5.78. The molecule has 0 saturated heterocycles. The molecule has 6 nitrogen and oxygen atoms in total. The zero-order chi connectivity index (χ0) is 20.7. The van der Waals surface area contributed by atoms with Crippen LogP contribution in [0.3, 0.4) is 0 Å². The van der Waals surface area contributed by atoms with Crippen LogP contribution in [0.15, 0.2) is 30.2 Å². The summed E-state index contributed by atoms with van der Waals surface area (Å²) in [6, 6.07) is 1.76. The van der Waals surface area contributed by atoms with Gasteiger partial charge in [0.2, 0.25) is 5.78 Å². The molecule has 2 rings (SSSR count). The molecule has 0 fully saturated rings. The van der Waals surface area contributed by atoms with Crippen LogP contribution in [0.25, 0.3) is 0 Å². The van der Waals surface area contributed by atoms with Gasteiger partial charge in [0, 0.05) is 24.2 Å². The van der Waals surface area contributed by atoms with Gasteiger partial charge < -0.3 is 15.5 Å². The van der Waals surface area contributed by atoms with Crippen LogP contribution >= 0.6 is 11.3 Å². The Labute approximate surface area is 170 Å². The summed E-state index contributed by atoms with van der Waals surface area (Å²) >= 11 is 1.37. The van der Waals surface area contributed by atoms with E-state index in [9.17, 15) is 15.0 Å². The molecule has 0 aliphatic carbocycles. The Morgan fingerprint density at radius 2 is 2.18 bits per heavy atom. The van der Waals surface area contributed by atoms with Crippen LogP contribution in [-0.2, 0) is 0 Å². The highest BCUT2D eigenvalue weighted by Gasteiger charge is 2.22. The number of ketones is 1. The first kappa shape index (κ1) is 22.2. The van der Waals surface area contributed by atoms with Crippen molar-refractivity contribution in [1.82, 2.24) is 9.97 Å². The van der Waals surface area contributed by atoms with Gasteiger partial charge in [0.1, 0.15) is 18.2 Å². The van der Waals surface area contributed by atoms with E-state index >= 15 is 0 Å². The zero-order valence-corrected chi connectivity index (χ0v) is 17.7. The van der Waals surface area contributed by atoms with E-state index in [0.29, 0.717) is 22.8 Å². The Balaban J connectivity index is 2.21. The van der Waals surface area contributed by atoms with Crippen molar-refractivity contribution in [3.8, 4) is 0 Å². The van der Waals surface area contributed by atoms with Gasteiger partial charge in [-0.2, -0.15) is 0 Å². The molecule has 2 aromatic rings. The number of thiophene rings is 1. The lowest BCUT2D eigenvalue weighted by atomic mass is 10.0. The fourth-order valence-corrected chi connectivity index (χ4v) is 3.88. The van der Waals surface area contributed by atoms with Gasteiger partial charge in [0.15, 0.2) is 0 Å². The lowest BCUT2D eigenvalue weighted by molar-refractivity contribution is 0.104. The molecule has 2 heterocycles. The van der Waals surface area contributed by atoms with Gasteiger partial charge in [-0.1, -0.05) is 19.4 Å². The molecule has 7 heteroatoms. The van der Waals surface area contributed by atoms with Crippen LogP contribution in [-0.4, -0.2) is 39.1 Å². The summed E-state index contributed by atoms with van der Waals surface area (Å²) in [5, 5.41) is 23.0. The largest absolute Gasteiger partial charge is 0.396 e. The summed E-state index contributed by atoms with van der Waals surface area (Å²) in [5.41, 5.74) is 2.01. The summed E-state index contributed by atoms with van der Waals surface area (Å²) < 4.78 is 0. The number of hydrogen-bond donors (Lipinski definition) is 3. The molecule has 2 atom stereocenters. The molecule has 0 saturated carbocycles. The molecule has 0 spiro atoms. The van der Waals surface area contributed by atoms with E-state index in [-0.39, 0.29) is 18.3 Å². The Kier molecular flexibility index (Phi) is 8.29. The SMILES string of the molecule is C/C=C(\C)C(O)c1cc(C(=O)c2cncnc2NCCC(CC)CO)sc1C. The van der Waals surface area contributed by atoms with Crippen molar-refractivity contribution in [2.45, 2.75) is 46.6 Å². The van der Waals surface area contributed by atoms with Gasteiger partial charge in [-0.05, 0) is 50.3 Å². The van der Waals surface area contributed by atoms with Crippen molar-refractivity contribution in [1.29, 1.82) is 0 Å². The Bertz CT molecular complexity index is 828. The molecule has 0 radical (unpaired) electrons. The van der Waals surface area contributed by atoms with Crippen molar-refractivity contribution in [3.05, 3.63) is 51.1 Å². The molecule has 0 aliphatic heterocycles. The van der Waals surface area contributed by atoms with Gasteiger partial charge in [-0.15, -0.1) is 11.3 Å². The Hall–Kier alpha value is -2.09. The lowest BCUT2D eigenvalue weighted by Crippen LogP contribution is -2.15. The van der Waals surface area contributed by atoms with E-state index in [1.165, 1.54) is 23.9 Å². The first-order valence-electron chi connectivity index (χ1n) is 9.53. The van der Waals surface area contributed by atoms with Crippen LogP contribution < -0.4 is 5.32 Å². The Morgan fingerprint density at radius 1 is 1.43 bits per heavy atom. The summed E-state index contributed by atoms with van der Waals surface area (Å²) in [5.74, 6) is 0.555. The van der Waals surface area contributed by atoms with Crippen molar-refractivity contribution >= 4 is 22.9 Å². The molecular formula is C21H29N3O3S. The highest BCUT2D eigenvalue weighted by Crippen LogP contribution is 2.32. The lowest BCUT2D eigenvalue weighted by Gasteiger charge is -2.13. The fraction of sp³-hybridized carbons (Fsp3) is 0.476. The number of carbonyl (C=O) groups excluding carboxylic acids is 1. The van der Waals surface area contributed by atoms with E-state index in [2.05, 4.69) is 15.3 Å². The molecule has 3 N–H and O–H groups in total. The smallest absolute Gasteiger partial charge is 0.208 e. The third kappa shape index (κ3) is 5.25. The zero-order valence-electron chi connectivity index (χ0n) is 16.9. The van der Waals surface area contributed by atoms with Gasteiger partial charge in [0.05, 0.1) is 10.4 Å². The molecule has 2 aromatic heterocycles. The van der Waals surface area contributed by atoms with Crippen molar-refractivity contribution in [3.63, 3.8) is 0 Å². The van der Waals surface area contributed by atoms with E-state index in [1.807, 2.05) is 33.8 Å². The predicted octanol–water partition coefficient (Wildman–Crippen LogP) is 3.90. The molecule has 152 valence electrons. The van der Waals surface area contributed by atoms with Crippen LogP contribution in [0.2, 0.25) is 0 Å². The predicted molar refractivity (Wildman–Crippen MR) is 113 cm³/mol. The van der Waals surface area contributed by atoms with E-state index in [4.69, 9.17) is 0 Å². The van der Waals surface area contributed by atoms with Crippen LogP contribution in [0.5, 0.6) is 0 Å². The molecule has 0 amide bonds. The topological polar surface area (TPSA) is 95.3 Å². The standard InChI is InChI=1S/C21H29N3O3S/c1-5-13(3)19(26)16-9-18(28-14(16)4)20(27)17-10-22-12-24-21(17)23-8-7-15(6-2)11-25/h5,9-10,12,15,19,25-26H,6-8,11H2,1-4H3,(H,22,23,24)/b13-5+. The minimum Gasteiger partial charge on any atom is -0.396 e. The second-order valence-electron chi connectivity index (χ2n) is 6.84. The number of anilines is 1.